The maximum atomic E-state index is 11.6. The number of H-pyrrole nitrogens is 1. The molecule has 1 aromatic heterocycles. The van der Waals surface area contributed by atoms with Gasteiger partial charge < -0.3 is 15.2 Å². The van der Waals surface area contributed by atoms with Crippen LogP contribution in [0.2, 0.25) is 0 Å². The number of amides is 1. The number of nitrogens with one attached hydrogen (secondary N) is 2. The number of alkyl carbamates (subject to hydrolysis) is 1. The van der Waals surface area contributed by atoms with Crippen LogP contribution >= 0.6 is 0 Å². The predicted molar refractivity (Wildman–Crippen MR) is 76.1 cm³/mol. The highest BCUT2D eigenvalue weighted by atomic mass is 16.6. The van der Waals surface area contributed by atoms with Gasteiger partial charge >= 0.3 is 12.1 Å². The Labute approximate surface area is 121 Å². The van der Waals surface area contributed by atoms with Crippen molar-refractivity contribution in [3.63, 3.8) is 0 Å². The van der Waals surface area contributed by atoms with E-state index in [1.807, 2.05) is 0 Å². The molecule has 2 rings (SSSR count). The monoisotopic (exact) mass is 291 g/mol. The number of aromatic nitrogens is 2. The van der Waals surface area contributed by atoms with Crippen LogP contribution in [0.1, 0.15) is 36.8 Å². The lowest BCUT2D eigenvalue weighted by molar-refractivity contribution is 0.0523. The first kappa shape index (κ1) is 14.8. The Morgan fingerprint density at radius 2 is 2.10 bits per heavy atom. The molecule has 3 N–H and O–H groups in total. The fourth-order valence-corrected chi connectivity index (χ4v) is 1.83. The number of aromatic carboxylic acids is 1. The maximum Gasteiger partial charge on any atom is 0.407 e. The summed E-state index contributed by atoms with van der Waals surface area (Å²) in [6.45, 7) is 5.65. The van der Waals surface area contributed by atoms with Crippen molar-refractivity contribution in [3.8, 4) is 0 Å². The highest BCUT2D eigenvalue weighted by Gasteiger charge is 2.16. The molecule has 21 heavy (non-hydrogen) atoms. The quantitative estimate of drug-likeness (QED) is 0.804. The summed E-state index contributed by atoms with van der Waals surface area (Å²) >= 11 is 0. The number of carbonyl (C=O) groups excluding carboxylic acids is 1. The molecule has 0 spiro atoms. The number of aromatic amines is 1. The lowest BCUT2D eigenvalue weighted by Gasteiger charge is -2.19. The molecule has 0 atom stereocenters. The summed E-state index contributed by atoms with van der Waals surface area (Å²) < 4.78 is 5.13. The van der Waals surface area contributed by atoms with Crippen molar-refractivity contribution in [1.82, 2.24) is 15.5 Å². The van der Waals surface area contributed by atoms with Crippen molar-refractivity contribution in [2.75, 3.05) is 0 Å². The van der Waals surface area contributed by atoms with Gasteiger partial charge in [0, 0.05) is 11.9 Å². The lowest BCUT2D eigenvalue weighted by atomic mass is 10.1. The molecule has 1 aromatic carbocycles. The van der Waals surface area contributed by atoms with Gasteiger partial charge in [0.25, 0.3) is 0 Å². The van der Waals surface area contributed by atoms with Crippen LogP contribution in [0, 0.1) is 0 Å². The third-order valence-corrected chi connectivity index (χ3v) is 2.67. The fraction of sp³-hybridized carbons (Fsp3) is 0.357. The predicted octanol–water partition coefficient (Wildman–Crippen LogP) is 2.29. The van der Waals surface area contributed by atoms with Gasteiger partial charge in [0.05, 0.1) is 5.52 Å². The van der Waals surface area contributed by atoms with Crippen LogP contribution in [0.5, 0.6) is 0 Å². The number of rotatable bonds is 3. The van der Waals surface area contributed by atoms with Crippen molar-refractivity contribution >= 4 is 23.0 Å². The largest absolute Gasteiger partial charge is 0.476 e. The van der Waals surface area contributed by atoms with Gasteiger partial charge in [-0.25, -0.2) is 9.59 Å². The molecule has 7 nitrogen and oxygen atoms in total. The molecule has 0 aliphatic rings. The molecule has 7 heteroatoms. The molecule has 0 saturated heterocycles. The highest BCUT2D eigenvalue weighted by molar-refractivity contribution is 6.00. The minimum absolute atomic E-state index is 0.0170. The summed E-state index contributed by atoms with van der Waals surface area (Å²) in [5, 5.41) is 18.5. The van der Waals surface area contributed by atoms with Crippen molar-refractivity contribution in [2.45, 2.75) is 32.9 Å². The molecule has 0 radical (unpaired) electrons. The van der Waals surface area contributed by atoms with Crippen molar-refractivity contribution in [1.29, 1.82) is 0 Å². The van der Waals surface area contributed by atoms with Crippen LogP contribution in [0.3, 0.4) is 0 Å². The molecular weight excluding hydrogens is 274 g/mol. The number of hydrogen-bond donors (Lipinski definition) is 3. The lowest BCUT2D eigenvalue weighted by Crippen LogP contribution is -2.32. The summed E-state index contributed by atoms with van der Waals surface area (Å²) in [7, 11) is 0. The second kappa shape index (κ2) is 5.43. The minimum atomic E-state index is -1.08. The van der Waals surface area contributed by atoms with E-state index >= 15 is 0 Å². The second-order valence-corrected chi connectivity index (χ2v) is 5.61. The molecule has 1 heterocycles. The number of fused-ring (bicyclic) bond motifs is 1. The van der Waals surface area contributed by atoms with Crippen molar-refractivity contribution < 1.29 is 19.4 Å². The van der Waals surface area contributed by atoms with Gasteiger partial charge in [0.15, 0.2) is 5.69 Å². The van der Waals surface area contributed by atoms with E-state index in [2.05, 4.69) is 15.5 Å². The van der Waals surface area contributed by atoms with Crippen molar-refractivity contribution in [2.24, 2.45) is 0 Å². The normalized spacial score (nSPS) is 11.4. The Hall–Kier alpha value is -2.57. The topological polar surface area (TPSA) is 104 Å². The van der Waals surface area contributed by atoms with Gasteiger partial charge in [-0.3, -0.25) is 5.10 Å². The standard InChI is InChI=1S/C14H17N3O4/c1-14(2,3)21-13(20)15-7-8-4-5-9-10(6-8)16-17-11(9)12(18)19/h4-6H,7H2,1-3H3,(H,15,20)(H,16,17)(H,18,19). The zero-order valence-electron chi connectivity index (χ0n) is 12.1. The van der Waals surface area contributed by atoms with Crippen molar-refractivity contribution in [3.05, 3.63) is 29.5 Å². The molecule has 0 aliphatic heterocycles. The molecule has 0 unspecified atom stereocenters. The molecule has 1 amide bonds. The van der Waals surface area contributed by atoms with E-state index in [9.17, 15) is 9.59 Å². The zero-order valence-corrected chi connectivity index (χ0v) is 12.1. The first-order chi connectivity index (χ1) is 9.76. The number of hydrogen-bond acceptors (Lipinski definition) is 4. The Kier molecular flexibility index (Phi) is 3.84. The number of carbonyl (C=O) groups is 2. The summed E-state index contributed by atoms with van der Waals surface area (Å²) in [5.74, 6) is -1.08. The van der Waals surface area contributed by atoms with E-state index in [0.717, 1.165) is 5.56 Å². The van der Waals surface area contributed by atoms with Gasteiger partial charge in [-0.05, 0) is 38.5 Å². The molecule has 0 bridgehead atoms. The van der Waals surface area contributed by atoms with E-state index in [-0.39, 0.29) is 12.2 Å². The smallest absolute Gasteiger partial charge is 0.407 e. The van der Waals surface area contributed by atoms with Gasteiger partial charge in [0.1, 0.15) is 5.60 Å². The van der Waals surface area contributed by atoms with E-state index in [0.29, 0.717) is 10.9 Å². The highest BCUT2D eigenvalue weighted by Crippen LogP contribution is 2.17. The van der Waals surface area contributed by atoms with Crippen LogP contribution < -0.4 is 5.32 Å². The maximum absolute atomic E-state index is 11.6. The van der Waals surface area contributed by atoms with Gasteiger partial charge in [0.2, 0.25) is 0 Å². The van der Waals surface area contributed by atoms with E-state index in [4.69, 9.17) is 9.84 Å². The summed E-state index contributed by atoms with van der Waals surface area (Å²) in [6, 6.07) is 5.14. The average molecular weight is 291 g/mol. The Bertz CT molecular complexity index is 685. The Morgan fingerprint density at radius 1 is 1.38 bits per heavy atom. The minimum Gasteiger partial charge on any atom is -0.476 e. The second-order valence-electron chi connectivity index (χ2n) is 5.61. The fourth-order valence-electron chi connectivity index (χ4n) is 1.83. The van der Waals surface area contributed by atoms with Crippen LogP contribution in [0.25, 0.3) is 10.9 Å². The van der Waals surface area contributed by atoms with E-state index in [1.165, 1.54) is 0 Å². The van der Waals surface area contributed by atoms with Crippen LogP contribution in [-0.2, 0) is 11.3 Å². The van der Waals surface area contributed by atoms with Crippen LogP contribution in [0.4, 0.5) is 4.79 Å². The van der Waals surface area contributed by atoms with Gasteiger partial charge in [-0.2, -0.15) is 5.10 Å². The first-order valence-corrected chi connectivity index (χ1v) is 6.43. The number of benzene rings is 1. The van der Waals surface area contributed by atoms with Gasteiger partial charge in [-0.15, -0.1) is 0 Å². The van der Waals surface area contributed by atoms with E-state index < -0.39 is 17.7 Å². The zero-order chi connectivity index (χ0) is 15.6. The molecule has 0 saturated carbocycles. The third-order valence-electron chi connectivity index (χ3n) is 2.67. The molecule has 0 fully saturated rings. The molecule has 0 aliphatic carbocycles. The first-order valence-electron chi connectivity index (χ1n) is 6.43. The summed E-state index contributed by atoms with van der Waals surface area (Å²) in [6.07, 6.45) is -0.501. The van der Waals surface area contributed by atoms with Crippen LogP contribution in [0.15, 0.2) is 18.2 Å². The average Bonchev–Trinajstić information content (AvgIpc) is 2.77. The summed E-state index contributed by atoms with van der Waals surface area (Å²) in [5.41, 5.74) is 0.856. The molecule has 2 aromatic rings. The number of nitrogens with zero attached hydrogens (tertiary/aromatic N) is 1. The third kappa shape index (κ3) is 3.71. The number of ether oxygens (including phenoxy) is 1. The number of carboxylic acids is 1. The molecular formula is C14H17N3O4. The van der Waals surface area contributed by atoms with Crippen LogP contribution in [-0.4, -0.2) is 33.0 Å². The van der Waals surface area contributed by atoms with Gasteiger partial charge in [-0.1, -0.05) is 6.07 Å². The SMILES string of the molecule is CC(C)(C)OC(=O)NCc1ccc2c(C(=O)O)n[nH]c2c1. The summed E-state index contributed by atoms with van der Waals surface area (Å²) in [4.78, 5) is 22.5. The molecule has 112 valence electrons. The Morgan fingerprint density at radius 3 is 2.71 bits per heavy atom. The van der Waals surface area contributed by atoms with E-state index in [1.54, 1.807) is 39.0 Å². The number of carboxylic acid groups (broad SMARTS) is 1. The Balaban J connectivity index is 2.07.